The van der Waals surface area contributed by atoms with Gasteiger partial charge in [-0.2, -0.15) is 0 Å². The minimum absolute atomic E-state index is 0.0490. The maximum atomic E-state index is 13.6. The topological polar surface area (TPSA) is 148 Å². The first-order chi connectivity index (χ1) is 16.0. The monoisotopic (exact) mass is 472 g/mol. The molecule has 3 rings (SSSR count). The summed E-state index contributed by atoms with van der Waals surface area (Å²) in [5.74, 6) is -0.697. The molecule has 0 spiro atoms. The molecule has 0 atom stereocenters. The molecule has 0 aliphatic carbocycles. The van der Waals surface area contributed by atoms with E-state index in [1.54, 1.807) is 6.07 Å². The van der Waals surface area contributed by atoms with E-state index in [0.717, 1.165) is 25.9 Å². The summed E-state index contributed by atoms with van der Waals surface area (Å²) in [7, 11) is 0. The Hall–Kier alpha value is -3.63. The molecule has 184 valence electrons. The van der Waals surface area contributed by atoms with E-state index in [1.165, 1.54) is 21.6 Å². The lowest BCUT2D eigenvalue weighted by Crippen LogP contribution is -2.43. The van der Waals surface area contributed by atoms with Crippen molar-refractivity contribution >= 4 is 28.8 Å². The molecule has 1 aromatic carbocycles. The summed E-state index contributed by atoms with van der Waals surface area (Å²) >= 11 is 0. The number of nitro benzene ring substituents is 1. The van der Waals surface area contributed by atoms with Crippen molar-refractivity contribution in [3.63, 3.8) is 0 Å². The number of nitro groups is 1. The van der Waals surface area contributed by atoms with Crippen LogP contribution in [0.1, 0.15) is 50.9 Å². The van der Waals surface area contributed by atoms with E-state index in [9.17, 15) is 24.5 Å². The third kappa shape index (κ3) is 5.13. The first kappa shape index (κ1) is 25.0. The second kappa shape index (κ2) is 10.1. The van der Waals surface area contributed by atoms with Crippen LogP contribution >= 0.6 is 0 Å². The van der Waals surface area contributed by atoms with Gasteiger partial charge in [-0.15, -0.1) is 0 Å². The number of nitrogens with two attached hydrogens (primary N) is 1. The molecular formula is C23H32N6O5. The SMILES string of the molecule is CC(C)CN(C(=O)c1ccc(N2CCCC2)c([N+](=O)[O-])c1)c1c(N)n(CC(C)C)c(=O)[nH]c1=O. The number of carbonyl (C=O) groups excluding carboxylic acids is 1. The van der Waals surface area contributed by atoms with Crippen LogP contribution in [0.15, 0.2) is 27.8 Å². The fourth-order valence-electron chi connectivity index (χ4n) is 4.21. The molecule has 0 radical (unpaired) electrons. The third-order valence-electron chi connectivity index (χ3n) is 5.69. The van der Waals surface area contributed by atoms with Gasteiger partial charge in [0.15, 0.2) is 5.69 Å². The maximum Gasteiger partial charge on any atom is 0.330 e. The largest absolute Gasteiger partial charge is 0.383 e. The van der Waals surface area contributed by atoms with Crippen LogP contribution in [0, 0.1) is 22.0 Å². The summed E-state index contributed by atoms with van der Waals surface area (Å²) in [5.41, 5.74) is 5.05. The van der Waals surface area contributed by atoms with Crippen molar-refractivity contribution in [2.75, 3.05) is 35.2 Å². The summed E-state index contributed by atoms with van der Waals surface area (Å²) in [6, 6.07) is 4.36. The number of carbonyl (C=O) groups is 1. The summed E-state index contributed by atoms with van der Waals surface area (Å²) in [4.78, 5) is 55.5. The highest BCUT2D eigenvalue weighted by Gasteiger charge is 2.29. The van der Waals surface area contributed by atoms with Crippen LogP contribution in [-0.2, 0) is 6.54 Å². The lowest BCUT2D eigenvalue weighted by atomic mass is 10.1. The molecule has 1 aliphatic rings. The molecule has 34 heavy (non-hydrogen) atoms. The lowest BCUT2D eigenvalue weighted by molar-refractivity contribution is -0.384. The molecule has 3 N–H and O–H groups in total. The molecule has 1 aliphatic heterocycles. The third-order valence-corrected chi connectivity index (χ3v) is 5.69. The zero-order valence-corrected chi connectivity index (χ0v) is 20.0. The molecule has 2 aromatic rings. The van der Waals surface area contributed by atoms with Crippen molar-refractivity contribution in [2.45, 2.75) is 47.1 Å². The second-order valence-electron chi connectivity index (χ2n) is 9.46. The van der Waals surface area contributed by atoms with Crippen molar-refractivity contribution < 1.29 is 9.72 Å². The van der Waals surface area contributed by atoms with E-state index < -0.39 is 22.1 Å². The Morgan fingerprint density at radius 2 is 1.82 bits per heavy atom. The van der Waals surface area contributed by atoms with E-state index in [1.807, 2.05) is 32.6 Å². The predicted octanol–water partition coefficient (Wildman–Crippen LogP) is 2.59. The number of rotatable bonds is 8. The van der Waals surface area contributed by atoms with Crippen LogP contribution in [0.2, 0.25) is 0 Å². The fraction of sp³-hybridized carbons (Fsp3) is 0.522. The Morgan fingerprint density at radius 1 is 1.18 bits per heavy atom. The van der Waals surface area contributed by atoms with Crippen molar-refractivity contribution in [3.8, 4) is 0 Å². The second-order valence-corrected chi connectivity index (χ2v) is 9.46. The molecule has 1 amide bonds. The summed E-state index contributed by atoms with van der Waals surface area (Å²) in [5, 5.41) is 11.8. The number of aromatic amines is 1. The van der Waals surface area contributed by atoms with Crippen LogP contribution in [0.5, 0.6) is 0 Å². The molecule has 1 fully saturated rings. The number of H-pyrrole nitrogens is 1. The van der Waals surface area contributed by atoms with Crippen LogP contribution in [0.4, 0.5) is 22.9 Å². The van der Waals surface area contributed by atoms with E-state index >= 15 is 0 Å². The number of anilines is 3. The highest BCUT2D eigenvalue weighted by Crippen LogP contribution is 2.32. The Balaban J connectivity index is 2.12. The van der Waals surface area contributed by atoms with Gasteiger partial charge in [-0.1, -0.05) is 27.7 Å². The number of hydrogen-bond acceptors (Lipinski definition) is 7. The Morgan fingerprint density at radius 3 is 2.38 bits per heavy atom. The fourth-order valence-corrected chi connectivity index (χ4v) is 4.21. The number of nitrogens with zero attached hydrogens (tertiary/aromatic N) is 4. The highest BCUT2D eigenvalue weighted by molar-refractivity contribution is 6.08. The van der Waals surface area contributed by atoms with Gasteiger partial charge in [0.1, 0.15) is 11.5 Å². The van der Waals surface area contributed by atoms with E-state index in [-0.39, 0.29) is 47.7 Å². The quantitative estimate of drug-likeness (QED) is 0.443. The van der Waals surface area contributed by atoms with Gasteiger partial charge in [-0.05, 0) is 36.8 Å². The number of benzene rings is 1. The summed E-state index contributed by atoms with van der Waals surface area (Å²) in [6.45, 7) is 9.36. The molecular weight excluding hydrogens is 440 g/mol. The van der Waals surface area contributed by atoms with Crippen molar-refractivity contribution in [1.82, 2.24) is 9.55 Å². The highest BCUT2D eigenvalue weighted by atomic mass is 16.6. The molecule has 1 aromatic heterocycles. The maximum absolute atomic E-state index is 13.6. The first-order valence-corrected chi connectivity index (χ1v) is 11.5. The standard InChI is InChI=1S/C23H32N6O5/c1-14(2)12-27(19-20(24)28(13-15(3)4)23(32)25-21(19)30)22(31)16-7-8-17(18(11-16)29(33)34)26-9-5-6-10-26/h7-8,11,14-15H,5-6,9-10,12-13,24H2,1-4H3,(H,25,30,32). The number of nitrogens with one attached hydrogen (secondary N) is 1. The normalized spacial score (nSPS) is 13.6. The minimum Gasteiger partial charge on any atom is -0.383 e. The van der Waals surface area contributed by atoms with Gasteiger partial charge in [-0.25, -0.2) is 4.79 Å². The molecule has 2 heterocycles. The Kier molecular flexibility index (Phi) is 7.43. The molecule has 11 heteroatoms. The van der Waals surface area contributed by atoms with Crippen LogP contribution < -0.4 is 26.8 Å². The van der Waals surface area contributed by atoms with Crippen molar-refractivity contribution in [1.29, 1.82) is 0 Å². The average Bonchev–Trinajstić information content (AvgIpc) is 3.29. The van der Waals surface area contributed by atoms with Gasteiger partial charge < -0.3 is 15.5 Å². The molecule has 1 saturated heterocycles. The first-order valence-electron chi connectivity index (χ1n) is 11.5. The Bertz CT molecular complexity index is 1190. The smallest absolute Gasteiger partial charge is 0.330 e. The zero-order valence-electron chi connectivity index (χ0n) is 20.0. The van der Waals surface area contributed by atoms with Gasteiger partial charge in [0.25, 0.3) is 17.2 Å². The van der Waals surface area contributed by atoms with E-state index in [4.69, 9.17) is 5.73 Å². The minimum atomic E-state index is -0.778. The predicted molar refractivity (Wildman–Crippen MR) is 132 cm³/mol. The molecule has 0 unspecified atom stereocenters. The number of hydrogen-bond donors (Lipinski definition) is 2. The van der Waals surface area contributed by atoms with Crippen LogP contribution in [0.3, 0.4) is 0 Å². The van der Waals surface area contributed by atoms with E-state index in [0.29, 0.717) is 5.69 Å². The average molecular weight is 473 g/mol. The lowest BCUT2D eigenvalue weighted by Gasteiger charge is -2.26. The summed E-state index contributed by atoms with van der Waals surface area (Å²) in [6.07, 6.45) is 1.91. The van der Waals surface area contributed by atoms with Crippen molar-refractivity contribution in [3.05, 3.63) is 54.7 Å². The van der Waals surface area contributed by atoms with Gasteiger partial charge in [0, 0.05) is 37.8 Å². The van der Waals surface area contributed by atoms with E-state index in [2.05, 4.69) is 4.98 Å². The van der Waals surface area contributed by atoms with Gasteiger partial charge in [0.2, 0.25) is 0 Å². The van der Waals surface area contributed by atoms with Gasteiger partial charge in [-0.3, -0.25) is 29.3 Å². The number of aromatic nitrogens is 2. The van der Waals surface area contributed by atoms with Crippen LogP contribution in [0.25, 0.3) is 0 Å². The van der Waals surface area contributed by atoms with Gasteiger partial charge >= 0.3 is 5.69 Å². The van der Waals surface area contributed by atoms with Crippen molar-refractivity contribution in [2.24, 2.45) is 11.8 Å². The zero-order chi connectivity index (χ0) is 25.2. The molecule has 11 nitrogen and oxygen atoms in total. The molecule has 0 saturated carbocycles. The summed E-state index contributed by atoms with van der Waals surface area (Å²) < 4.78 is 1.24. The number of amides is 1. The van der Waals surface area contributed by atoms with Gasteiger partial charge in [0.05, 0.1) is 4.92 Å². The number of nitrogen functional groups attached to an aromatic ring is 1. The Labute approximate surface area is 197 Å². The van der Waals surface area contributed by atoms with Crippen LogP contribution in [-0.4, -0.2) is 40.0 Å². The molecule has 0 bridgehead atoms.